The lowest BCUT2D eigenvalue weighted by molar-refractivity contribution is -0.115. The van der Waals surface area contributed by atoms with Crippen molar-refractivity contribution in [3.8, 4) is 0 Å². The Balaban J connectivity index is 1.31. The molecule has 2 amide bonds. The predicted molar refractivity (Wildman–Crippen MR) is 124 cm³/mol. The molecule has 3 aromatic rings. The first-order valence-electron chi connectivity index (χ1n) is 10.9. The first-order chi connectivity index (χ1) is 15.5. The molecule has 1 saturated heterocycles. The molecule has 1 fully saturated rings. The Morgan fingerprint density at radius 2 is 1.66 bits per heavy atom. The molecule has 166 valence electrons. The number of aromatic nitrogens is 2. The number of amides is 2. The number of anilines is 1. The molecule has 32 heavy (non-hydrogen) atoms. The number of hydrogen-bond donors (Lipinski definition) is 1. The number of piperazine rings is 1. The van der Waals surface area contributed by atoms with Gasteiger partial charge in [0.25, 0.3) is 5.91 Å². The number of rotatable bonds is 6. The smallest absolute Gasteiger partial charge is 0.274 e. The van der Waals surface area contributed by atoms with Gasteiger partial charge in [0.15, 0.2) is 5.69 Å². The molecular formula is C25H29N5O2. The van der Waals surface area contributed by atoms with Crippen LogP contribution < -0.4 is 5.32 Å². The van der Waals surface area contributed by atoms with Crippen molar-refractivity contribution in [2.75, 3.05) is 31.5 Å². The van der Waals surface area contributed by atoms with E-state index >= 15 is 0 Å². The van der Waals surface area contributed by atoms with Gasteiger partial charge in [-0.3, -0.25) is 19.2 Å². The highest BCUT2D eigenvalue weighted by Gasteiger charge is 2.25. The van der Waals surface area contributed by atoms with Crippen LogP contribution in [0.15, 0.2) is 60.7 Å². The Labute approximate surface area is 188 Å². The van der Waals surface area contributed by atoms with E-state index in [1.807, 2.05) is 35.2 Å². The second-order valence-corrected chi connectivity index (χ2v) is 8.31. The molecule has 1 aliphatic rings. The molecule has 0 atom stereocenters. The van der Waals surface area contributed by atoms with Gasteiger partial charge >= 0.3 is 0 Å². The topological polar surface area (TPSA) is 70.5 Å². The standard InChI is InChI=1S/C25H29N5O2/c1-19-7-6-10-21(15-19)18-29-11-13-30(14-12-29)25(32)22-17-23(28(2)27-22)26-24(31)16-20-8-4-3-5-9-20/h3-10,15,17H,11-14,16,18H2,1-2H3,(H,26,31). The largest absolute Gasteiger partial charge is 0.335 e. The lowest BCUT2D eigenvalue weighted by atomic mass is 10.1. The zero-order valence-electron chi connectivity index (χ0n) is 18.6. The average molecular weight is 432 g/mol. The summed E-state index contributed by atoms with van der Waals surface area (Å²) in [6.07, 6.45) is 0.276. The zero-order valence-corrected chi connectivity index (χ0v) is 18.6. The summed E-state index contributed by atoms with van der Waals surface area (Å²) in [6, 6.07) is 19.8. The SMILES string of the molecule is Cc1cccc(CN2CCN(C(=O)c3cc(NC(=O)Cc4ccccc4)n(C)n3)CC2)c1. The first-order valence-corrected chi connectivity index (χ1v) is 10.9. The second-order valence-electron chi connectivity index (χ2n) is 8.31. The number of benzene rings is 2. The van der Waals surface area contributed by atoms with Crippen LogP contribution in [-0.2, 0) is 24.8 Å². The third-order valence-electron chi connectivity index (χ3n) is 5.72. The van der Waals surface area contributed by atoms with Crippen LogP contribution in [0.3, 0.4) is 0 Å². The summed E-state index contributed by atoms with van der Waals surface area (Å²) in [5.41, 5.74) is 3.85. The normalized spacial score (nSPS) is 14.4. The van der Waals surface area contributed by atoms with E-state index in [4.69, 9.17) is 0 Å². The van der Waals surface area contributed by atoms with Crippen LogP contribution in [0.25, 0.3) is 0 Å². The highest BCUT2D eigenvalue weighted by Crippen LogP contribution is 2.15. The van der Waals surface area contributed by atoms with E-state index in [-0.39, 0.29) is 18.2 Å². The predicted octanol–water partition coefficient (Wildman–Crippen LogP) is 2.87. The summed E-state index contributed by atoms with van der Waals surface area (Å²) in [4.78, 5) is 29.5. The maximum atomic E-state index is 13.0. The fourth-order valence-electron chi connectivity index (χ4n) is 4.00. The summed E-state index contributed by atoms with van der Waals surface area (Å²) in [5.74, 6) is 0.287. The molecule has 7 heteroatoms. The van der Waals surface area contributed by atoms with Crippen LogP contribution in [0.4, 0.5) is 5.82 Å². The van der Waals surface area contributed by atoms with E-state index in [0.717, 1.165) is 25.2 Å². The van der Waals surface area contributed by atoms with Gasteiger partial charge in [0, 0.05) is 45.8 Å². The third-order valence-corrected chi connectivity index (χ3v) is 5.72. The third kappa shape index (κ3) is 5.42. The minimum absolute atomic E-state index is 0.0978. The second kappa shape index (κ2) is 9.78. The highest BCUT2D eigenvalue weighted by atomic mass is 16.2. The number of carbonyl (C=O) groups excluding carboxylic acids is 2. The summed E-state index contributed by atoms with van der Waals surface area (Å²) < 4.78 is 1.55. The van der Waals surface area contributed by atoms with Crippen molar-refractivity contribution < 1.29 is 9.59 Å². The molecule has 1 aliphatic heterocycles. The average Bonchev–Trinajstić information content (AvgIpc) is 3.14. The van der Waals surface area contributed by atoms with Crippen molar-refractivity contribution in [3.63, 3.8) is 0 Å². The molecule has 0 unspecified atom stereocenters. The van der Waals surface area contributed by atoms with Crippen LogP contribution in [0.5, 0.6) is 0 Å². The van der Waals surface area contributed by atoms with E-state index in [9.17, 15) is 9.59 Å². The van der Waals surface area contributed by atoms with Crippen LogP contribution in [0.1, 0.15) is 27.2 Å². The van der Waals surface area contributed by atoms with Crippen LogP contribution in [0, 0.1) is 6.92 Å². The molecule has 7 nitrogen and oxygen atoms in total. The molecule has 4 rings (SSSR count). The number of aryl methyl sites for hydroxylation is 2. The zero-order chi connectivity index (χ0) is 22.5. The minimum atomic E-state index is -0.136. The van der Waals surface area contributed by atoms with Crippen molar-refractivity contribution in [1.29, 1.82) is 0 Å². The van der Waals surface area contributed by atoms with E-state index < -0.39 is 0 Å². The molecule has 2 aromatic carbocycles. The molecule has 2 heterocycles. The van der Waals surface area contributed by atoms with Gasteiger partial charge in [-0.2, -0.15) is 5.10 Å². The van der Waals surface area contributed by atoms with Gasteiger partial charge in [0.1, 0.15) is 5.82 Å². The summed E-state index contributed by atoms with van der Waals surface area (Å²) >= 11 is 0. The lowest BCUT2D eigenvalue weighted by Gasteiger charge is -2.34. The van der Waals surface area contributed by atoms with E-state index in [0.29, 0.717) is 24.6 Å². The molecule has 1 N–H and O–H groups in total. The van der Waals surface area contributed by atoms with Crippen molar-refractivity contribution in [2.24, 2.45) is 7.05 Å². The van der Waals surface area contributed by atoms with Gasteiger partial charge in [0.05, 0.1) is 6.42 Å². The van der Waals surface area contributed by atoms with Crippen molar-refractivity contribution in [1.82, 2.24) is 19.6 Å². The van der Waals surface area contributed by atoms with Gasteiger partial charge in [0.2, 0.25) is 5.91 Å². The highest BCUT2D eigenvalue weighted by molar-refractivity contribution is 5.96. The lowest BCUT2D eigenvalue weighted by Crippen LogP contribution is -2.48. The van der Waals surface area contributed by atoms with E-state index in [1.165, 1.54) is 11.1 Å². The molecule has 1 aromatic heterocycles. The number of nitrogens with zero attached hydrogens (tertiary/aromatic N) is 4. The van der Waals surface area contributed by atoms with Gasteiger partial charge in [-0.05, 0) is 18.1 Å². The molecule has 0 radical (unpaired) electrons. The van der Waals surface area contributed by atoms with E-state index in [2.05, 4.69) is 46.5 Å². The molecule has 0 saturated carbocycles. The fraction of sp³-hybridized carbons (Fsp3) is 0.320. The molecule has 0 spiro atoms. The maximum Gasteiger partial charge on any atom is 0.274 e. The number of carbonyl (C=O) groups is 2. The summed E-state index contributed by atoms with van der Waals surface area (Å²) in [6.45, 7) is 5.98. The van der Waals surface area contributed by atoms with Gasteiger partial charge < -0.3 is 10.2 Å². The summed E-state index contributed by atoms with van der Waals surface area (Å²) in [7, 11) is 1.73. The van der Waals surface area contributed by atoms with Crippen molar-refractivity contribution >= 4 is 17.6 Å². The van der Waals surface area contributed by atoms with Gasteiger partial charge in [-0.25, -0.2) is 0 Å². The molecule has 0 bridgehead atoms. The quantitative estimate of drug-likeness (QED) is 0.652. The van der Waals surface area contributed by atoms with Crippen molar-refractivity contribution in [3.05, 3.63) is 83.0 Å². The molecular weight excluding hydrogens is 402 g/mol. The van der Waals surface area contributed by atoms with Gasteiger partial charge in [-0.1, -0.05) is 60.2 Å². The van der Waals surface area contributed by atoms with Crippen LogP contribution in [0.2, 0.25) is 0 Å². The molecule has 0 aliphatic carbocycles. The minimum Gasteiger partial charge on any atom is -0.335 e. The Kier molecular flexibility index (Phi) is 6.66. The maximum absolute atomic E-state index is 13.0. The van der Waals surface area contributed by atoms with Gasteiger partial charge in [-0.15, -0.1) is 0 Å². The first kappa shape index (κ1) is 21.8. The number of hydrogen-bond acceptors (Lipinski definition) is 4. The van der Waals surface area contributed by atoms with Crippen molar-refractivity contribution in [2.45, 2.75) is 19.9 Å². The Hall–Kier alpha value is -3.45. The summed E-state index contributed by atoms with van der Waals surface area (Å²) in [5, 5.41) is 7.20. The Morgan fingerprint density at radius 1 is 0.938 bits per heavy atom. The Morgan fingerprint density at radius 3 is 2.38 bits per heavy atom. The van der Waals surface area contributed by atoms with E-state index in [1.54, 1.807) is 17.8 Å². The monoisotopic (exact) mass is 431 g/mol. The van der Waals surface area contributed by atoms with Crippen LogP contribution >= 0.6 is 0 Å². The Bertz CT molecular complexity index is 1080. The number of nitrogens with one attached hydrogen (secondary N) is 1. The van der Waals surface area contributed by atoms with Crippen LogP contribution in [-0.4, -0.2) is 57.6 Å². The fourth-order valence-corrected chi connectivity index (χ4v) is 4.00.